The van der Waals surface area contributed by atoms with Crippen LogP contribution in [0.25, 0.3) is 0 Å². The van der Waals surface area contributed by atoms with E-state index in [0.717, 1.165) is 12.3 Å². The molecule has 9 heteroatoms. The van der Waals surface area contributed by atoms with Crippen molar-refractivity contribution >= 4 is 11.9 Å². The molecule has 1 unspecified atom stereocenters. The second-order valence-electron chi connectivity index (χ2n) is 5.10. The van der Waals surface area contributed by atoms with Gasteiger partial charge in [0.15, 0.2) is 0 Å². The van der Waals surface area contributed by atoms with E-state index < -0.39 is 11.9 Å². The van der Waals surface area contributed by atoms with Gasteiger partial charge >= 0.3 is 6.18 Å². The van der Waals surface area contributed by atoms with Crippen LogP contribution in [0, 0.1) is 5.92 Å². The molecule has 1 saturated heterocycles. The first kappa shape index (κ1) is 16.5. The third kappa shape index (κ3) is 4.06. The molecule has 22 heavy (non-hydrogen) atoms. The number of halogens is 3. The number of nitrogens with one attached hydrogen (secondary N) is 1. The van der Waals surface area contributed by atoms with E-state index in [2.05, 4.69) is 15.3 Å². The largest absolute Gasteiger partial charge is 0.433 e. The van der Waals surface area contributed by atoms with Gasteiger partial charge in [-0.15, -0.1) is 0 Å². The second-order valence-corrected chi connectivity index (χ2v) is 5.10. The maximum absolute atomic E-state index is 12.7. The molecule has 1 aliphatic heterocycles. The first-order chi connectivity index (χ1) is 10.4. The lowest BCUT2D eigenvalue weighted by molar-refractivity contribution is -0.141. The number of hydrogen-bond donors (Lipinski definition) is 2. The Hall–Kier alpha value is -1.90. The minimum Gasteiger partial charge on any atom is -0.355 e. The van der Waals surface area contributed by atoms with Crippen LogP contribution in [0.4, 0.5) is 19.1 Å². The smallest absolute Gasteiger partial charge is 0.355 e. The fraction of sp³-hybridized carbons (Fsp3) is 0.615. The van der Waals surface area contributed by atoms with Crippen molar-refractivity contribution in [1.82, 2.24) is 15.3 Å². The molecule has 122 valence electrons. The van der Waals surface area contributed by atoms with Gasteiger partial charge in [0.05, 0.1) is 5.92 Å². The van der Waals surface area contributed by atoms with Crippen molar-refractivity contribution < 1.29 is 18.0 Å². The molecule has 2 rings (SSSR count). The summed E-state index contributed by atoms with van der Waals surface area (Å²) >= 11 is 0. The predicted molar refractivity (Wildman–Crippen MR) is 74.0 cm³/mol. The van der Waals surface area contributed by atoms with Crippen LogP contribution < -0.4 is 16.0 Å². The zero-order chi connectivity index (χ0) is 16.2. The molecular weight excluding hydrogens is 299 g/mol. The van der Waals surface area contributed by atoms with Crippen molar-refractivity contribution in [3.05, 3.63) is 18.0 Å². The molecule has 0 saturated carbocycles. The number of nitrogens with two attached hydrogens (primary N) is 1. The zero-order valence-electron chi connectivity index (χ0n) is 11.9. The Labute approximate surface area is 125 Å². The molecule has 0 spiro atoms. The Kier molecular flexibility index (Phi) is 5.17. The van der Waals surface area contributed by atoms with E-state index in [1.807, 2.05) is 0 Å². The lowest BCUT2D eigenvalue weighted by atomic mass is 9.97. The van der Waals surface area contributed by atoms with Crippen LogP contribution in [0.5, 0.6) is 0 Å². The van der Waals surface area contributed by atoms with Gasteiger partial charge in [0, 0.05) is 32.4 Å². The number of carbonyl (C=O) groups excluding carboxylic acids is 1. The number of nitrogens with zero attached hydrogens (tertiary/aromatic N) is 3. The van der Waals surface area contributed by atoms with Crippen LogP contribution in [0.1, 0.15) is 18.5 Å². The minimum atomic E-state index is -4.51. The van der Waals surface area contributed by atoms with Crippen LogP contribution in [-0.4, -0.2) is 42.1 Å². The second kappa shape index (κ2) is 6.91. The number of carbonyl (C=O) groups is 1. The molecule has 1 amide bonds. The van der Waals surface area contributed by atoms with Crippen molar-refractivity contribution in [1.29, 1.82) is 0 Å². The highest BCUT2D eigenvalue weighted by molar-refractivity contribution is 5.79. The monoisotopic (exact) mass is 317 g/mol. The Morgan fingerprint density at radius 1 is 1.50 bits per heavy atom. The molecule has 3 N–H and O–H groups in total. The molecular formula is C13H18F3N5O. The molecule has 1 aromatic rings. The topological polar surface area (TPSA) is 84.1 Å². The lowest BCUT2D eigenvalue weighted by Crippen LogP contribution is -2.44. The summed E-state index contributed by atoms with van der Waals surface area (Å²) in [6.07, 6.45) is -2.04. The number of piperidine rings is 1. The number of alkyl halides is 3. The van der Waals surface area contributed by atoms with Gasteiger partial charge in [-0.05, 0) is 18.9 Å². The van der Waals surface area contributed by atoms with Gasteiger partial charge in [-0.25, -0.2) is 9.97 Å². The van der Waals surface area contributed by atoms with Gasteiger partial charge in [0.1, 0.15) is 5.69 Å². The number of rotatable bonds is 4. The molecule has 1 aliphatic rings. The fourth-order valence-electron chi connectivity index (χ4n) is 2.37. The Morgan fingerprint density at radius 2 is 2.27 bits per heavy atom. The minimum absolute atomic E-state index is 0.00569. The summed E-state index contributed by atoms with van der Waals surface area (Å²) in [5.41, 5.74) is 4.35. The van der Waals surface area contributed by atoms with E-state index in [9.17, 15) is 18.0 Å². The summed E-state index contributed by atoms with van der Waals surface area (Å²) in [4.78, 5) is 21.0. The van der Waals surface area contributed by atoms with E-state index in [0.29, 0.717) is 39.0 Å². The van der Waals surface area contributed by atoms with Crippen LogP contribution in [0.2, 0.25) is 0 Å². The van der Waals surface area contributed by atoms with Crippen molar-refractivity contribution in [2.24, 2.45) is 11.7 Å². The van der Waals surface area contributed by atoms with E-state index in [4.69, 9.17) is 5.73 Å². The summed E-state index contributed by atoms with van der Waals surface area (Å²) in [5.74, 6) is -0.424. The van der Waals surface area contributed by atoms with Gasteiger partial charge in [-0.3, -0.25) is 4.79 Å². The van der Waals surface area contributed by atoms with E-state index >= 15 is 0 Å². The third-order valence-corrected chi connectivity index (χ3v) is 3.45. The highest BCUT2D eigenvalue weighted by Crippen LogP contribution is 2.29. The molecule has 1 atom stereocenters. The molecule has 1 fully saturated rings. The summed E-state index contributed by atoms with van der Waals surface area (Å²) in [6.45, 7) is 1.56. The van der Waals surface area contributed by atoms with Crippen molar-refractivity contribution in [2.45, 2.75) is 19.0 Å². The maximum Gasteiger partial charge on any atom is 0.433 e. The SMILES string of the molecule is NCCNC(=O)C1CCCN(c2nccc(C(F)(F)F)n2)C1. The van der Waals surface area contributed by atoms with Gasteiger partial charge in [0.25, 0.3) is 0 Å². The summed E-state index contributed by atoms with van der Waals surface area (Å²) in [6, 6.07) is 0.832. The molecule has 0 aromatic carbocycles. The van der Waals surface area contributed by atoms with Crippen LogP contribution in [0.3, 0.4) is 0 Å². The standard InChI is InChI=1S/C13H18F3N5O/c14-13(15,16)10-3-5-19-12(20-10)21-7-1-2-9(8-21)11(22)18-6-4-17/h3,5,9H,1-2,4,6-8,17H2,(H,18,22). The molecule has 0 radical (unpaired) electrons. The molecule has 1 aromatic heterocycles. The van der Waals surface area contributed by atoms with Crippen LogP contribution in [0.15, 0.2) is 12.3 Å². The van der Waals surface area contributed by atoms with Crippen LogP contribution in [-0.2, 0) is 11.0 Å². The number of anilines is 1. The van der Waals surface area contributed by atoms with Gasteiger partial charge in [-0.1, -0.05) is 0 Å². The van der Waals surface area contributed by atoms with Gasteiger partial charge in [0.2, 0.25) is 11.9 Å². The summed E-state index contributed by atoms with van der Waals surface area (Å²) < 4.78 is 38.1. The predicted octanol–water partition coefficient (Wildman–Crippen LogP) is 0.787. The van der Waals surface area contributed by atoms with Gasteiger partial charge in [-0.2, -0.15) is 13.2 Å². The van der Waals surface area contributed by atoms with Crippen molar-refractivity contribution in [3.8, 4) is 0 Å². The summed E-state index contributed by atoms with van der Waals surface area (Å²) in [5, 5.41) is 2.70. The number of amides is 1. The highest BCUT2D eigenvalue weighted by atomic mass is 19.4. The van der Waals surface area contributed by atoms with Crippen LogP contribution >= 0.6 is 0 Å². The maximum atomic E-state index is 12.7. The lowest BCUT2D eigenvalue weighted by Gasteiger charge is -2.32. The molecule has 0 aliphatic carbocycles. The average molecular weight is 317 g/mol. The Balaban J connectivity index is 2.08. The quantitative estimate of drug-likeness (QED) is 0.857. The number of aromatic nitrogens is 2. The highest BCUT2D eigenvalue weighted by Gasteiger charge is 2.34. The van der Waals surface area contributed by atoms with Crippen molar-refractivity contribution in [3.63, 3.8) is 0 Å². The Morgan fingerprint density at radius 3 is 2.95 bits per heavy atom. The van der Waals surface area contributed by atoms with E-state index in [1.165, 1.54) is 0 Å². The summed E-state index contributed by atoms with van der Waals surface area (Å²) in [7, 11) is 0. The van der Waals surface area contributed by atoms with Crippen molar-refractivity contribution in [2.75, 3.05) is 31.1 Å². The molecule has 2 heterocycles. The normalized spacial score (nSPS) is 19.1. The van der Waals surface area contributed by atoms with Gasteiger partial charge < -0.3 is 16.0 Å². The number of hydrogen-bond acceptors (Lipinski definition) is 5. The zero-order valence-corrected chi connectivity index (χ0v) is 11.9. The molecule has 6 nitrogen and oxygen atoms in total. The molecule has 0 bridgehead atoms. The fourth-order valence-corrected chi connectivity index (χ4v) is 2.37. The first-order valence-corrected chi connectivity index (χ1v) is 7.05. The van der Waals surface area contributed by atoms with E-state index in [-0.39, 0.29) is 17.8 Å². The Bertz CT molecular complexity index is 523. The third-order valence-electron chi connectivity index (χ3n) is 3.45. The van der Waals surface area contributed by atoms with E-state index in [1.54, 1.807) is 4.90 Å². The average Bonchev–Trinajstić information content (AvgIpc) is 2.52. The first-order valence-electron chi connectivity index (χ1n) is 7.05.